The molecule has 0 radical (unpaired) electrons. The smallest absolute Gasteiger partial charge is 0.244 e. The van der Waals surface area contributed by atoms with Gasteiger partial charge in [-0.3, -0.25) is 0 Å². The molecule has 1 N–H and O–H groups in total. The average molecular weight is 302 g/mol. The van der Waals surface area contributed by atoms with E-state index in [9.17, 15) is 8.42 Å². The van der Waals surface area contributed by atoms with Crippen molar-refractivity contribution in [2.45, 2.75) is 44.6 Å². The summed E-state index contributed by atoms with van der Waals surface area (Å²) in [5, 5.41) is 3.29. The first-order chi connectivity index (χ1) is 8.96. The molecule has 1 aliphatic rings. The van der Waals surface area contributed by atoms with Crippen LogP contribution in [0.1, 0.15) is 29.5 Å². The number of hydrogen-bond acceptors (Lipinski definition) is 4. The Hall–Kier alpha value is -0.430. The number of rotatable bonds is 4. The Labute approximate surface area is 119 Å². The van der Waals surface area contributed by atoms with Crippen molar-refractivity contribution in [3.63, 3.8) is 0 Å². The number of aryl methyl sites for hydroxylation is 2. The number of thiophene rings is 1. The molecule has 0 saturated carbocycles. The highest BCUT2D eigenvalue weighted by Gasteiger charge is 2.32. The van der Waals surface area contributed by atoms with E-state index in [0.29, 0.717) is 11.4 Å². The lowest BCUT2D eigenvalue weighted by atomic mass is 10.1. The second kappa shape index (κ2) is 5.91. The highest BCUT2D eigenvalue weighted by Crippen LogP contribution is 2.29. The third kappa shape index (κ3) is 3.02. The van der Waals surface area contributed by atoms with Crippen LogP contribution in [0.3, 0.4) is 0 Å². The number of sulfonamides is 1. The monoisotopic (exact) mass is 302 g/mol. The van der Waals surface area contributed by atoms with Crippen molar-refractivity contribution in [2.24, 2.45) is 0 Å². The summed E-state index contributed by atoms with van der Waals surface area (Å²) in [6, 6.07) is 1.89. The Kier molecular flexibility index (Phi) is 4.66. The van der Waals surface area contributed by atoms with Gasteiger partial charge in [-0.2, -0.15) is 4.31 Å². The van der Waals surface area contributed by atoms with Crippen molar-refractivity contribution < 1.29 is 8.42 Å². The summed E-state index contributed by atoms with van der Waals surface area (Å²) in [6.07, 6.45) is 1.99. The van der Waals surface area contributed by atoms with Gasteiger partial charge in [0.25, 0.3) is 0 Å². The molecule has 1 aromatic heterocycles. The van der Waals surface area contributed by atoms with Crippen LogP contribution < -0.4 is 5.32 Å². The Balaban J connectivity index is 2.32. The first-order valence-electron chi connectivity index (χ1n) is 6.76. The Morgan fingerprint density at radius 3 is 2.68 bits per heavy atom. The van der Waals surface area contributed by atoms with E-state index in [1.165, 1.54) is 0 Å². The van der Waals surface area contributed by atoms with Crippen LogP contribution in [0.15, 0.2) is 11.0 Å². The summed E-state index contributed by atoms with van der Waals surface area (Å²) >= 11 is 1.55. The van der Waals surface area contributed by atoms with Gasteiger partial charge in [0.2, 0.25) is 10.0 Å². The SMILES string of the molecule is CCN(C1CCCNC1)S(=O)(=O)c1cc(C)sc1C. The minimum atomic E-state index is -3.36. The predicted octanol–water partition coefficient (Wildman–Crippen LogP) is 2.13. The van der Waals surface area contributed by atoms with Gasteiger partial charge in [0.05, 0.1) is 4.90 Å². The van der Waals surface area contributed by atoms with E-state index in [0.717, 1.165) is 35.7 Å². The standard InChI is InChI=1S/C13H22N2O2S2/c1-4-15(12-6-5-7-14-9-12)19(16,17)13-8-10(2)18-11(13)3/h8,12,14H,4-7,9H2,1-3H3. The van der Waals surface area contributed by atoms with Crippen LogP contribution in [0.5, 0.6) is 0 Å². The maximum absolute atomic E-state index is 12.8. The largest absolute Gasteiger partial charge is 0.315 e. The molecule has 0 aliphatic carbocycles. The van der Waals surface area contributed by atoms with E-state index < -0.39 is 10.0 Å². The van der Waals surface area contributed by atoms with Crippen LogP contribution in [-0.2, 0) is 10.0 Å². The van der Waals surface area contributed by atoms with Crippen LogP contribution in [0.4, 0.5) is 0 Å². The van der Waals surface area contributed by atoms with Gasteiger partial charge in [-0.05, 0) is 39.3 Å². The number of hydrogen-bond donors (Lipinski definition) is 1. The molecule has 1 fully saturated rings. The summed E-state index contributed by atoms with van der Waals surface area (Å²) in [5.41, 5.74) is 0. The van der Waals surface area contributed by atoms with Crippen LogP contribution in [0.25, 0.3) is 0 Å². The fourth-order valence-electron chi connectivity index (χ4n) is 2.69. The van der Waals surface area contributed by atoms with E-state index in [1.54, 1.807) is 21.7 Å². The number of nitrogens with one attached hydrogen (secondary N) is 1. The number of likely N-dealkylation sites (N-methyl/N-ethyl adjacent to an activating group) is 1. The maximum atomic E-state index is 12.8. The van der Waals surface area contributed by atoms with E-state index in [-0.39, 0.29) is 6.04 Å². The topological polar surface area (TPSA) is 49.4 Å². The molecular formula is C13H22N2O2S2. The van der Waals surface area contributed by atoms with Crippen LogP contribution in [-0.4, -0.2) is 38.4 Å². The summed E-state index contributed by atoms with van der Waals surface area (Å²) < 4.78 is 27.3. The fraction of sp³-hybridized carbons (Fsp3) is 0.692. The third-order valence-electron chi connectivity index (χ3n) is 3.57. The number of piperidine rings is 1. The fourth-order valence-corrected chi connectivity index (χ4v) is 5.88. The summed E-state index contributed by atoms with van der Waals surface area (Å²) in [7, 11) is -3.36. The zero-order valence-electron chi connectivity index (χ0n) is 11.8. The lowest BCUT2D eigenvalue weighted by Gasteiger charge is -2.32. The maximum Gasteiger partial charge on any atom is 0.244 e. The van der Waals surface area contributed by atoms with E-state index in [1.807, 2.05) is 20.8 Å². The van der Waals surface area contributed by atoms with Crippen LogP contribution in [0.2, 0.25) is 0 Å². The average Bonchev–Trinajstić information content (AvgIpc) is 2.71. The van der Waals surface area contributed by atoms with Gasteiger partial charge < -0.3 is 5.32 Å². The van der Waals surface area contributed by atoms with Crippen molar-refractivity contribution in [2.75, 3.05) is 19.6 Å². The summed E-state index contributed by atoms with van der Waals surface area (Å²) in [6.45, 7) is 8.04. The first-order valence-corrected chi connectivity index (χ1v) is 9.02. The normalized spacial score (nSPS) is 20.9. The molecule has 0 aromatic carbocycles. The zero-order chi connectivity index (χ0) is 14.0. The molecule has 4 nitrogen and oxygen atoms in total. The lowest BCUT2D eigenvalue weighted by Crippen LogP contribution is -2.48. The minimum absolute atomic E-state index is 0.0864. The van der Waals surface area contributed by atoms with Gasteiger partial charge in [0, 0.05) is 28.9 Å². The van der Waals surface area contributed by atoms with E-state index >= 15 is 0 Å². The second-order valence-corrected chi connectivity index (χ2v) is 8.31. The van der Waals surface area contributed by atoms with Crippen LogP contribution in [0, 0.1) is 13.8 Å². The first kappa shape index (κ1) is 15.0. The Morgan fingerprint density at radius 1 is 1.47 bits per heavy atom. The van der Waals surface area contributed by atoms with Crippen LogP contribution >= 0.6 is 11.3 Å². The van der Waals surface area contributed by atoms with Crippen molar-refractivity contribution in [1.29, 1.82) is 0 Å². The van der Waals surface area contributed by atoms with Crippen molar-refractivity contribution in [3.8, 4) is 0 Å². The lowest BCUT2D eigenvalue weighted by molar-refractivity contribution is 0.274. The van der Waals surface area contributed by atoms with Gasteiger partial charge in [-0.15, -0.1) is 11.3 Å². The minimum Gasteiger partial charge on any atom is -0.315 e. The van der Waals surface area contributed by atoms with Crippen molar-refractivity contribution in [3.05, 3.63) is 15.8 Å². The molecule has 1 aliphatic heterocycles. The Bertz CT molecular complexity index is 531. The molecule has 1 aromatic rings. The Morgan fingerprint density at radius 2 is 2.21 bits per heavy atom. The molecule has 1 atom stereocenters. The molecule has 2 rings (SSSR count). The molecule has 0 bridgehead atoms. The molecule has 1 saturated heterocycles. The number of nitrogens with zero attached hydrogens (tertiary/aromatic N) is 1. The van der Waals surface area contributed by atoms with Gasteiger partial charge >= 0.3 is 0 Å². The third-order valence-corrected chi connectivity index (χ3v) is 6.82. The molecular weight excluding hydrogens is 280 g/mol. The zero-order valence-corrected chi connectivity index (χ0v) is 13.4. The van der Waals surface area contributed by atoms with Crippen molar-refractivity contribution >= 4 is 21.4 Å². The molecule has 0 spiro atoms. The van der Waals surface area contributed by atoms with Crippen molar-refractivity contribution in [1.82, 2.24) is 9.62 Å². The second-order valence-electron chi connectivity index (χ2n) is 4.99. The van der Waals surface area contributed by atoms with Gasteiger partial charge in [0.1, 0.15) is 0 Å². The molecule has 2 heterocycles. The highest BCUT2D eigenvalue weighted by molar-refractivity contribution is 7.89. The van der Waals surface area contributed by atoms with Gasteiger partial charge in [-0.25, -0.2) is 8.42 Å². The van der Waals surface area contributed by atoms with E-state index in [2.05, 4.69) is 5.32 Å². The molecule has 19 heavy (non-hydrogen) atoms. The molecule has 108 valence electrons. The summed E-state index contributed by atoms with van der Waals surface area (Å²) in [5.74, 6) is 0. The molecule has 1 unspecified atom stereocenters. The summed E-state index contributed by atoms with van der Waals surface area (Å²) in [4.78, 5) is 2.43. The van der Waals surface area contributed by atoms with Gasteiger partial charge in [-0.1, -0.05) is 6.92 Å². The molecule has 6 heteroatoms. The van der Waals surface area contributed by atoms with Gasteiger partial charge in [0.15, 0.2) is 0 Å². The highest BCUT2D eigenvalue weighted by atomic mass is 32.2. The quantitative estimate of drug-likeness (QED) is 0.927. The molecule has 0 amide bonds. The van der Waals surface area contributed by atoms with E-state index in [4.69, 9.17) is 0 Å². The predicted molar refractivity (Wildman–Crippen MR) is 79.3 cm³/mol.